The van der Waals surface area contributed by atoms with Crippen molar-refractivity contribution in [2.24, 2.45) is 5.92 Å². The summed E-state index contributed by atoms with van der Waals surface area (Å²) in [5.41, 5.74) is 0.564. The molecular formula is C18H24N4O5S. The van der Waals surface area contributed by atoms with Gasteiger partial charge in [-0.2, -0.15) is 0 Å². The standard InChI is InChI=1S/C18H24N4O5S/c1-5-26-18(25)21-15(10(2)3)16(24)22-17-20-13(9-28-17)14-7-6-12(27-14)8-19-11(4)23/h6-7,9-10,15H,5,8H2,1-4H3,(H,19,23)(H,21,25)(H,20,22,24). The number of nitrogens with one attached hydrogen (secondary N) is 3. The van der Waals surface area contributed by atoms with Crippen molar-refractivity contribution in [3.63, 3.8) is 0 Å². The van der Waals surface area contributed by atoms with Crippen LogP contribution in [0.1, 0.15) is 33.5 Å². The monoisotopic (exact) mass is 408 g/mol. The van der Waals surface area contributed by atoms with Crippen molar-refractivity contribution in [1.82, 2.24) is 15.6 Å². The SMILES string of the molecule is CCOC(=O)NC(C(=O)Nc1nc(-c2ccc(CNC(C)=O)o2)cs1)C(C)C. The Morgan fingerprint density at radius 2 is 2.04 bits per heavy atom. The molecule has 0 saturated heterocycles. The van der Waals surface area contributed by atoms with Crippen LogP contribution in [0, 0.1) is 5.92 Å². The summed E-state index contributed by atoms with van der Waals surface area (Å²) in [6.07, 6.45) is -0.640. The summed E-state index contributed by atoms with van der Waals surface area (Å²) in [6.45, 7) is 7.28. The van der Waals surface area contributed by atoms with Crippen LogP contribution in [0.2, 0.25) is 0 Å². The molecule has 9 nitrogen and oxygen atoms in total. The first-order valence-corrected chi connectivity index (χ1v) is 9.71. The molecule has 2 rings (SSSR count). The highest BCUT2D eigenvalue weighted by Crippen LogP contribution is 2.26. The van der Waals surface area contributed by atoms with Crippen molar-refractivity contribution >= 4 is 34.4 Å². The van der Waals surface area contributed by atoms with Crippen molar-refractivity contribution in [2.45, 2.75) is 40.3 Å². The lowest BCUT2D eigenvalue weighted by molar-refractivity contribution is -0.119. The minimum absolute atomic E-state index is 0.134. The second kappa shape index (κ2) is 9.88. The number of nitrogens with zero attached hydrogens (tertiary/aromatic N) is 1. The Morgan fingerprint density at radius 1 is 1.29 bits per heavy atom. The molecule has 1 unspecified atom stereocenters. The summed E-state index contributed by atoms with van der Waals surface area (Å²) in [7, 11) is 0. The van der Waals surface area contributed by atoms with Gasteiger partial charge in [0.2, 0.25) is 11.8 Å². The van der Waals surface area contributed by atoms with Crippen LogP contribution in [-0.2, 0) is 20.9 Å². The summed E-state index contributed by atoms with van der Waals surface area (Å²) < 4.78 is 10.5. The summed E-state index contributed by atoms with van der Waals surface area (Å²) in [6, 6.07) is 2.75. The second-order valence-electron chi connectivity index (χ2n) is 6.29. The number of hydrogen-bond donors (Lipinski definition) is 3. The molecule has 0 aromatic carbocycles. The number of anilines is 1. The Balaban J connectivity index is 2.01. The molecule has 28 heavy (non-hydrogen) atoms. The van der Waals surface area contributed by atoms with Gasteiger partial charge in [0.05, 0.1) is 13.2 Å². The van der Waals surface area contributed by atoms with Crippen LogP contribution in [0.25, 0.3) is 11.5 Å². The Kier molecular flexibility index (Phi) is 7.56. The largest absolute Gasteiger partial charge is 0.458 e. The van der Waals surface area contributed by atoms with Gasteiger partial charge in [-0.15, -0.1) is 11.3 Å². The number of hydrogen-bond acceptors (Lipinski definition) is 7. The molecule has 152 valence electrons. The Hall–Kier alpha value is -2.88. The van der Waals surface area contributed by atoms with Crippen molar-refractivity contribution in [3.05, 3.63) is 23.3 Å². The predicted molar refractivity (Wildman–Crippen MR) is 105 cm³/mol. The molecule has 2 aromatic heterocycles. The fraction of sp³-hybridized carbons (Fsp3) is 0.444. The Labute approximate surface area is 166 Å². The van der Waals surface area contributed by atoms with Gasteiger partial charge in [-0.05, 0) is 25.0 Å². The van der Waals surface area contributed by atoms with Gasteiger partial charge >= 0.3 is 6.09 Å². The zero-order valence-corrected chi connectivity index (χ0v) is 17.0. The molecule has 3 N–H and O–H groups in total. The van der Waals surface area contributed by atoms with Gasteiger partial charge in [-0.1, -0.05) is 13.8 Å². The number of amides is 3. The fourth-order valence-electron chi connectivity index (χ4n) is 2.28. The zero-order valence-electron chi connectivity index (χ0n) is 16.2. The number of thiazole rings is 1. The average molecular weight is 408 g/mol. The van der Waals surface area contributed by atoms with Crippen molar-refractivity contribution in [3.8, 4) is 11.5 Å². The Bertz CT molecular complexity index is 830. The Morgan fingerprint density at radius 3 is 2.68 bits per heavy atom. The molecular weight excluding hydrogens is 384 g/mol. The number of ether oxygens (including phenoxy) is 1. The van der Waals surface area contributed by atoms with Gasteiger partial charge in [0.15, 0.2) is 10.9 Å². The maximum absolute atomic E-state index is 12.5. The third-order valence-electron chi connectivity index (χ3n) is 3.66. The van der Waals surface area contributed by atoms with E-state index in [0.717, 1.165) is 0 Å². The van der Waals surface area contributed by atoms with Gasteiger partial charge in [0.25, 0.3) is 0 Å². The maximum atomic E-state index is 12.5. The first-order chi connectivity index (χ1) is 13.3. The van der Waals surface area contributed by atoms with Crippen LogP contribution in [-0.4, -0.2) is 35.5 Å². The van der Waals surface area contributed by atoms with Gasteiger partial charge in [0.1, 0.15) is 17.5 Å². The molecule has 0 radical (unpaired) electrons. The van der Waals surface area contributed by atoms with E-state index in [2.05, 4.69) is 20.9 Å². The lowest BCUT2D eigenvalue weighted by atomic mass is 10.0. The summed E-state index contributed by atoms with van der Waals surface area (Å²) in [4.78, 5) is 39.5. The topological polar surface area (TPSA) is 123 Å². The maximum Gasteiger partial charge on any atom is 0.407 e. The number of furan rings is 1. The van der Waals surface area contributed by atoms with Crippen LogP contribution in [0.4, 0.5) is 9.93 Å². The van der Waals surface area contributed by atoms with Crippen LogP contribution < -0.4 is 16.0 Å². The van der Waals surface area contributed by atoms with Crippen molar-refractivity contribution < 1.29 is 23.5 Å². The number of carbonyl (C=O) groups excluding carboxylic acids is 3. The minimum Gasteiger partial charge on any atom is -0.458 e. The highest BCUT2D eigenvalue weighted by molar-refractivity contribution is 7.14. The molecule has 0 spiro atoms. The van der Waals surface area contributed by atoms with E-state index >= 15 is 0 Å². The smallest absolute Gasteiger partial charge is 0.407 e. The van der Waals surface area contributed by atoms with Crippen LogP contribution >= 0.6 is 11.3 Å². The molecule has 0 bridgehead atoms. The fourth-order valence-corrected chi connectivity index (χ4v) is 2.99. The van der Waals surface area contributed by atoms with Gasteiger partial charge in [-0.25, -0.2) is 9.78 Å². The number of aromatic nitrogens is 1. The van der Waals surface area contributed by atoms with E-state index in [0.29, 0.717) is 28.9 Å². The molecule has 3 amide bonds. The molecule has 0 saturated carbocycles. The van der Waals surface area contributed by atoms with Gasteiger partial charge in [0, 0.05) is 12.3 Å². The first-order valence-electron chi connectivity index (χ1n) is 8.83. The molecule has 10 heteroatoms. The lowest BCUT2D eigenvalue weighted by Gasteiger charge is -2.20. The van der Waals surface area contributed by atoms with Crippen molar-refractivity contribution in [2.75, 3.05) is 11.9 Å². The van der Waals surface area contributed by atoms with Crippen LogP contribution in [0.3, 0.4) is 0 Å². The number of rotatable bonds is 8. The lowest BCUT2D eigenvalue weighted by Crippen LogP contribution is -2.47. The highest BCUT2D eigenvalue weighted by atomic mass is 32.1. The summed E-state index contributed by atoms with van der Waals surface area (Å²) >= 11 is 1.24. The summed E-state index contributed by atoms with van der Waals surface area (Å²) in [5, 5.41) is 10.0. The van der Waals surface area contributed by atoms with E-state index in [1.165, 1.54) is 18.3 Å². The molecule has 2 heterocycles. The normalized spacial score (nSPS) is 11.8. The zero-order chi connectivity index (χ0) is 20.7. The molecule has 2 aromatic rings. The number of alkyl carbamates (subject to hydrolysis) is 1. The van der Waals surface area contributed by atoms with Crippen LogP contribution in [0.5, 0.6) is 0 Å². The van der Waals surface area contributed by atoms with E-state index in [9.17, 15) is 14.4 Å². The van der Waals surface area contributed by atoms with Gasteiger partial charge in [-0.3, -0.25) is 9.59 Å². The second-order valence-corrected chi connectivity index (χ2v) is 7.15. The molecule has 0 fully saturated rings. The van der Waals surface area contributed by atoms with E-state index in [4.69, 9.17) is 9.15 Å². The van der Waals surface area contributed by atoms with Crippen LogP contribution in [0.15, 0.2) is 21.9 Å². The first kappa shape index (κ1) is 21.4. The minimum atomic E-state index is -0.751. The summed E-state index contributed by atoms with van der Waals surface area (Å²) in [5.74, 6) is 0.470. The molecule has 0 aliphatic heterocycles. The third-order valence-corrected chi connectivity index (χ3v) is 4.42. The molecule has 1 atom stereocenters. The number of carbonyl (C=O) groups is 3. The molecule has 0 aliphatic rings. The van der Waals surface area contributed by atoms with E-state index in [-0.39, 0.29) is 24.3 Å². The predicted octanol–water partition coefficient (Wildman–Crippen LogP) is 2.75. The van der Waals surface area contributed by atoms with E-state index in [1.807, 2.05) is 13.8 Å². The van der Waals surface area contributed by atoms with Crippen molar-refractivity contribution in [1.29, 1.82) is 0 Å². The van der Waals surface area contributed by atoms with E-state index < -0.39 is 12.1 Å². The molecule has 0 aliphatic carbocycles. The van der Waals surface area contributed by atoms with Gasteiger partial charge < -0.3 is 25.1 Å². The van der Waals surface area contributed by atoms with E-state index in [1.54, 1.807) is 24.4 Å². The quantitative estimate of drug-likeness (QED) is 0.617. The highest BCUT2D eigenvalue weighted by Gasteiger charge is 2.25. The average Bonchev–Trinajstić information content (AvgIpc) is 3.26. The third kappa shape index (κ3) is 6.08.